The number of benzene rings is 1. The lowest BCUT2D eigenvalue weighted by Gasteiger charge is -1.99. The van der Waals surface area contributed by atoms with Crippen molar-refractivity contribution in [2.45, 2.75) is 18.9 Å². The van der Waals surface area contributed by atoms with E-state index in [-0.39, 0.29) is 0 Å². The van der Waals surface area contributed by atoms with Crippen LogP contribution in [-0.2, 0) is 0 Å². The molecule has 21 heavy (non-hydrogen) atoms. The number of hydrogen-bond donors (Lipinski definition) is 1. The first kappa shape index (κ1) is 13.3. The van der Waals surface area contributed by atoms with Gasteiger partial charge in [0.05, 0.1) is 7.11 Å². The van der Waals surface area contributed by atoms with Gasteiger partial charge in [-0.2, -0.15) is 10.2 Å². The number of aromatic nitrogens is 1. The SMILES string of the molecule is COc1cccc(/C=C/c2nc(C#N)c(NC3CC3)o2)c1. The highest BCUT2D eigenvalue weighted by atomic mass is 16.5. The Labute approximate surface area is 122 Å². The second-order valence-corrected chi connectivity index (χ2v) is 4.87. The Hall–Kier alpha value is -2.74. The summed E-state index contributed by atoms with van der Waals surface area (Å²) < 4.78 is 10.7. The molecule has 0 unspecified atom stereocenters. The van der Waals surface area contributed by atoms with Crippen molar-refractivity contribution in [1.29, 1.82) is 5.26 Å². The van der Waals surface area contributed by atoms with Crippen molar-refractivity contribution in [2.75, 3.05) is 12.4 Å². The first-order chi connectivity index (χ1) is 10.3. The normalized spacial score (nSPS) is 14.1. The Balaban J connectivity index is 1.78. The first-order valence-electron chi connectivity index (χ1n) is 6.78. The van der Waals surface area contributed by atoms with Crippen molar-refractivity contribution in [3.63, 3.8) is 0 Å². The second kappa shape index (κ2) is 5.71. The topological polar surface area (TPSA) is 71.1 Å². The number of methoxy groups -OCH3 is 1. The third kappa shape index (κ3) is 3.23. The minimum absolute atomic E-state index is 0.298. The van der Waals surface area contributed by atoms with E-state index < -0.39 is 0 Å². The lowest BCUT2D eigenvalue weighted by Crippen LogP contribution is -2.00. The summed E-state index contributed by atoms with van der Waals surface area (Å²) >= 11 is 0. The summed E-state index contributed by atoms with van der Waals surface area (Å²) in [6.45, 7) is 0. The molecule has 2 aromatic rings. The summed E-state index contributed by atoms with van der Waals surface area (Å²) in [6, 6.07) is 10.1. The Morgan fingerprint density at radius 2 is 2.29 bits per heavy atom. The number of nitrogens with one attached hydrogen (secondary N) is 1. The summed E-state index contributed by atoms with van der Waals surface area (Å²) in [5.41, 5.74) is 1.27. The van der Waals surface area contributed by atoms with E-state index in [1.165, 1.54) is 0 Å². The quantitative estimate of drug-likeness (QED) is 0.910. The lowest BCUT2D eigenvalue weighted by molar-refractivity contribution is 0.414. The van der Waals surface area contributed by atoms with Crippen molar-refractivity contribution in [3.8, 4) is 11.8 Å². The van der Waals surface area contributed by atoms with Gasteiger partial charge in [0.1, 0.15) is 11.8 Å². The Kier molecular flexibility index (Phi) is 3.61. The van der Waals surface area contributed by atoms with Crippen molar-refractivity contribution in [2.24, 2.45) is 0 Å². The fourth-order valence-electron chi connectivity index (χ4n) is 1.91. The highest BCUT2D eigenvalue weighted by Crippen LogP contribution is 2.27. The molecule has 1 heterocycles. The zero-order valence-electron chi connectivity index (χ0n) is 11.7. The van der Waals surface area contributed by atoms with Gasteiger partial charge in [-0.1, -0.05) is 12.1 Å². The minimum atomic E-state index is 0.298. The van der Waals surface area contributed by atoms with E-state index in [0.717, 1.165) is 24.2 Å². The van der Waals surface area contributed by atoms with Gasteiger partial charge in [0.2, 0.25) is 17.5 Å². The number of oxazole rings is 1. The zero-order chi connectivity index (χ0) is 14.7. The van der Waals surface area contributed by atoms with Crippen LogP contribution in [0.2, 0.25) is 0 Å². The molecule has 3 rings (SSSR count). The van der Waals surface area contributed by atoms with Crippen LogP contribution in [0, 0.1) is 11.3 Å². The average Bonchev–Trinajstić information content (AvgIpc) is 3.24. The van der Waals surface area contributed by atoms with Gasteiger partial charge in [-0.25, -0.2) is 0 Å². The van der Waals surface area contributed by atoms with Gasteiger partial charge in [0.25, 0.3) is 0 Å². The van der Waals surface area contributed by atoms with Gasteiger partial charge in [0.15, 0.2) is 0 Å². The first-order valence-corrected chi connectivity index (χ1v) is 6.78. The largest absolute Gasteiger partial charge is 0.497 e. The van der Waals surface area contributed by atoms with Crippen molar-refractivity contribution >= 4 is 18.0 Å². The Bertz CT molecular complexity index is 709. The van der Waals surface area contributed by atoms with Crippen LogP contribution in [0.15, 0.2) is 28.7 Å². The molecule has 1 fully saturated rings. The van der Waals surface area contributed by atoms with Crippen LogP contribution in [0.3, 0.4) is 0 Å². The van der Waals surface area contributed by atoms with Gasteiger partial charge in [0, 0.05) is 12.1 Å². The molecular weight excluding hydrogens is 266 g/mol. The molecule has 0 spiro atoms. The predicted molar refractivity (Wildman–Crippen MR) is 79.8 cm³/mol. The van der Waals surface area contributed by atoms with Gasteiger partial charge < -0.3 is 14.5 Å². The Morgan fingerprint density at radius 1 is 1.43 bits per heavy atom. The molecule has 1 aromatic carbocycles. The fraction of sp³-hybridized carbons (Fsp3) is 0.250. The molecule has 5 nitrogen and oxygen atoms in total. The number of nitrogens with zero attached hydrogens (tertiary/aromatic N) is 2. The third-order valence-electron chi connectivity index (χ3n) is 3.17. The van der Waals surface area contributed by atoms with E-state index in [9.17, 15) is 0 Å². The molecule has 1 saturated carbocycles. The smallest absolute Gasteiger partial charge is 0.232 e. The third-order valence-corrected chi connectivity index (χ3v) is 3.17. The predicted octanol–water partition coefficient (Wildman–Crippen LogP) is 3.30. The zero-order valence-corrected chi connectivity index (χ0v) is 11.7. The minimum Gasteiger partial charge on any atom is -0.497 e. The van der Waals surface area contributed by atoms with E-state index in [0.29, 0.717) is 23.5 Å². The van der Waals surface area contributed by atoms with Gasteiger partial charge in [-0.3, -0.25) is 0 Å². The maximum Gasteiger partial charge on any atom is 0.232 e. The monoisotopic (exact) mass is 281 g/mol. The molecule has 5 heteroatoms. The number of rotatable bonds is 5. The molecule has 1 aliphatic carbocycles. The molecule has 1 aliphatic rings. The summed E-state index contributed by atoms with van der Waals surface area (Å²) in [6.07, 6.45) is 5.84. The molecule has 0 atom stereocenters. The molecule has 0 amide bonds. The maximum atomic E-state index is 9.07. The summed E-state index contributed by atoms with van der Waals surface area (Å²) in [5.74, 6) is 1.67. The van der Waals surface area contributed by atoms with Crippen LogP contribution in [0.1, 0.15) is 30.0 Å². The van der Waals surface area contributed by atoms with E-state index in [4.69, 9.17) is 14.4 Å². The standard InChI is InChI=1S/C16H15N3O2/c1-20-13-4-2-3-11(9-13)5-8-15-19-14(10-17)16(21-15)18-12-6-7-12/h2-5,8-9,12,18H,6-7H2,1H3/b8-5+. The van der Waals surface area contributed by atoms with Crippen LogP contribution in [0.4, 0.5) is 5.88 Å². The lowest BCUT2D eigenvalue weighted by atomic mass is 10.2. The van der Waals surface area contributed by atoms with Crippen LogP contribution in [0.25, 0.3) is 12.2 Å². The van der Waals surface area contributed by atoms with Crippen LogP contribution >= 0.6 is 0 Å². The van der Waals surface area contributed by atoms with Gasteiger partial charge in [-0.05, 0) is 36.6 Å². The van der Waals surface area contributed by atoms with E-state index in [1.54, 1.807) is 13.2 Å². The Morgan fingerprint density at radius 3 is 3.00 bits per heavy atom. The highest BCUT2D eigenvalue weighted by Gasteiger charge is 2.24. The van der Waals surface area contributed by atoms with Crippen molar-refractivity contribution in [3.05, 3.63) is 41.4 Å². The number of nitriles is 1. The van der Waals surface area contributed by atoms with E-state index in [1.807, 2.05) is 36.4 Å². The van der Waals surface area contributed by atoms with Crippen molar-refractivity contribution < 1.29 is 9.15 Å². The van der Waals surface area contributed by atoms with E-state index in [2.05, 4.69) is 10.3 Å². The van der Waals surface area contributed by atoms with Gasteiger partial charge in [-0.15, -0.1) is 0 Å². The van der Waals surface area contributed by atoms with Gasteiger partial charge >= 0.3 is 0 Å². The molecule has 0 aliphatic heterocycles. The fourth-order valence-corrected chi connectivity index (χ4v) is 1.91. The molecule has 0 radical (unpaired) electrons. The molecule has 0 bridgehead atoms. The average molecular weight is 281 g/mol. The number of ether oxygens (including phenoxy) is 1. The summed E-state index contributed by atoms with van der Waals surface area (Å²) in [4.78, 5) is 4.16. The second-order valence-electron chi connectivity index (χ2n) is 4.87. The summed E-state index contributed by atoms with van der Waals surface area (Å²) in [5, 5.41) is 12.2. The molecule has 1 aromatic heterocycles. The maximum absolute atomic E-state index is 9.07. The van der Waals surface area contributed by atoms with Crippen LogP contribution < -0.4 is 10.1 Å². The molecule has 106 valence electrons. The molecule has 1 N–H and O–H groups in total. The van der Waals surface area contributed by atoms with Crippen LogP contribution in [-0.4, -0.2) is 18.1 Å². The van der Waals surface area contributed by atoms with E-state index >= 15 is 0 Å². The molecule has 0 saturated heterocycles. The van der Waals surface area contributed by atoms with Crippen molar-refractivity contribution in [1.82, 2.24) is 4.98 Å². The highest BCUT2D eigenvalue weighted by molar-refractivity contribution is 5.67. The van der Waals surface area contributed by atoms with Crippen LogP contribution in [0.5, 0.6) is 5.75 Å². The summed E-state index contributed by atoms with van der Waals surface area (Å²) in [7, 11) is 1.63. The number of anilines is 1. The molecular formula is C16H15N3O2. The number of hydrogen-bond acceptors (Lipinski definition) is 5.